The molecule has 1 aromatic rings. The summed E-state index contributed by atoms with van der Waals surface area (Å²) in [5, 5.41) is 0. The van der Waals surface area contributed by atoms with E-state index in [1.165, 1.54) is 0 Å². The highest BCUT2D eigenvalue weighted by Gasteiger charge is 2.22. The topological polar surface area (TPSA) is 59.2 Å². The van der Waals surface area contributed by atoms with Gasteiger partial charge in [-0.3, -0.25) is 4.79 Å². The summed E-state index contributed by atoms with van der Waals surface area (Å²) in [4.78, 5) is 18.0. The van der Waals surface area contributed by atoms with Crippen LogP contribution in [0.15, 0.2) is 18.2 Å². The van der Waals surface area contributed by atoms with Crippen LogP contribution in [-0.2, 0) is 0 Å². The van der Waals surface area contributed by atoms with Gasteiger partial charge in [-0.2, -0.15) is 0 Å². The number of aryl methyl sites for hydroxylation is 1. The van der Waals surface area contributed by atoms with Crippen molar-refractivity contribution in [3.8, 4) is 0 Å². The van der Waals surface area contributed by atoms with Crippen LogP contribution in [0.4, 0.5) is 0 Å². The maximum Gasteiger partial charge on any atom is 0.272 e. The minimum atomic E-state index is -0.0752. The average Bonchev–Trinajstić information content (AvgIpc) is 2.27. The Morgan fingerprint density at radius 3 is 2.65 bits per heavy atom. The van der Waals surface area contributed by atoms with Gasteiger partial charge in [-0.05, 0) is 31.0 Å². The van der Waals surface area contributed by atoms with E-state index in [1.54, 1.807) is 18.0 Å². The van der Waals surface area contributed by atoms with Gasteiger partial charge in [0.2, 0.25) is 0 Å². The van der Waals surface area contributed by atoms with E-state index in [0.717, 1.165) is 5.69 Å². The Morgan fingerprint density at radius 2 is 2.12 bits per heavy atom. The lowest BCUT2D eigenvalue weighted by Gasteiger charge is -2.28. The molecule has 0 aromatic carbocycles. The van der Waals surface area contributed by atoms with E-state index < -0.39 is 0 Å². The van der Waals surface area contributed by atoms with Crippen LogP contribution in [0.3, 0.4) is 0 Å². The molecule has 2 N–H and O–H groups in total. The van der Waals surface area contributed by atoms with Crippen LogP contribution in [0.5, 0.6) is 0 Å². The molecule has 0 saturated carbocycles. The Hall–Kier alpha value is -1.42. The second-order valence-corrected chi connectivity index (χ2v) is 5.19. The minimum absolute atomic E-state index is 0.0600. The average molecular weight is 235 g/mol. The fourth-order valence-corrected chi connectivity index (χ4v) is 1.64. The summed E-state index contributed by atoms with van der Waals surface area (Å²) in [5.41, 5.74) is 6.92. The van der Waals surface area contributed by atoms with Gasteiger partial charge >= 0.3 is 0 Å². The lowest BCUT2D eigenvalue weighted by molar-refractivity contribution is 0.0734. The summed E-state index contributed by atoms with van der Waals surface area (Å²) < 4.78 is 0. The molecule has 0 bridgehead atoms. The van der Waals surface area contributed by atoms with Crippen molar-refractivity contribution in [1.29, 1.82) is 0 Å². The molecule has 0 atom stereocenters. The van der Waals surface area contributed by atoms with Gasteiger partial charge in [0.15, 0.2) is 0 Å². The number of hydrogen-bond acceptors (Lipinski definition) is 3. The highest BCUT2D eigenvalue weighted by Crippen LogP contribution is 2.15. The van der Waals surface area contributed by atoms with Crippen LogP contribution in [0, 0.1) is 12.3 Å². The fraction of sp³-hybridized carbons (Fsp3) is 0.538. The van der Waals surface area contributed by atoms with E-state index in [-0.39, 0.29) is 11.3 Å². The lowest BCUT2D eigenvalue weighted by Crippen LogP contribution is -2.40. The number of nitrogens with two attached hydrogens (primary N) is 1. The smallest absolute Gasteiger partial charge is 0.272 e. The number of rotatable bonds is 4. The molecular weight excluding hydrogens is 214 g/mol. The first-order valence-electron chi connectivity index (χ1n) is 5.75. The molecule has 4 nitrogen and oxygen atoms in total. The number of amides is 1. The summed E-state index contributed by atoms with van der Waals surface area (Å²) >= 11 is 0. The molecule has 1 amide bonds. The molecule has 0 aliphatic heterocycles. The molecule has 0 radical (unpaired) electrons. The summed E-state index contributed by atoms with van der Waals surface area (Å²) in [7, 11) is 1.78. The minimum Gasteiger partial charge on any atom is -0.340 e. The molecule has 1 aromatic heterocycles. The maximum atomic E-state index is 12.1. The van der Waals surface area contributed by atoms with Gasteiger partial charge in [-0.25, -0.2) is 4.98 Å². The van der Waals surface area contributed by atoms with Crippen molar-refractivity contribution in [2.24, 2.45) is 11.1 Å². The Morgan fingerprint density at radius 1 is 1.47 bits per heavy atom. The summed E-state index contributed by atoms with van der Waals surface area (Å²) in [6, 6.07) is 5.46. The van der Waals surface area contributed by atoms with Gasteiger partial charge < -0.3 is 10.6 Å². The highest BCUT2D eigenvalue weighted by molar-refractivity contribution is 5.92. The number of nitrogens with zero attached hydrogens (tertiary/aromatic N) is 2. The van der Waals surface area contributed by atoms with Gasteiger partial charge in [0.05, 0.1) is 0 Å². The molecule has 0 aliphatic rings. The molecule has 0 unspecified atom stereocenters. The number of carbonyl (C=O) groups excluding carboxylic acids is 1. The monoisotopic (exact) mass is 235 g/mol. The molecular formula is C13H21N3O. The van der Waals surface area contributed by atoms with Crippen LogP contribution in [-0.4, -0.2) is 35.9 Å². The third-order valence-corrected chi connectivity index (χ3v) is 2.67. The second-order valence-electron chi connectivity index (χ2n) is 5.19. The van der Waals surface area contributed by atoms with Gasteiger partial charge in [0.1, 0.15) is 5.69 Å². The van der Waals surface area contributed by atoms with E-state index >= 15 is 0 Å². The van der Waals surface area contributed by atoms with Gasteiger partial charge in [0, 0.05) is 19.3 Å². The third-order valence-electron chi connectivity index (χ3n) is 2.67. The molecule has 1 rings (SSSR count). The standard InChI is InChI=1S/C13H21N3O/c1-10-6-5-7-11(15-10)12(17)16(4)9-13(2,3)8-14/h5-7H,8-9,14H2,1-4H3. The third kappa shape index (κ3) is 3.82. The first-order valence-corrected chi connectivity index (χ1v) is 5.75. The van der Waals surface area contributed by atoms with Crippen molar-refractivity contribution in [2.75, 3.05) is 20.1 Å². The number of aromatic nitrogens is 1. The fourth-order valence-electron chi connectivity index (χ4n) is 1.64. The second kappa shape index (κ2) is 5.27. The predicted molar refractivity (Wildman–Crippen MR) is 68.8 cm³/mol. The van der Waals surface area contributed by atoms with Crippen molar-refractivity contribution >= 4 is 5.91 Å². The normalized spacial score (nSPS) is 11.4. The van der Waals surface area contributed by atoms with Gasteiger partial charge in [0.25, 0.3) is 5.91 Å². The lowest BCUT2D eigenvalue weighted by atomic mass is 9.93. The van der Waals surface area contributed by atoms with Crippen LogP contribution in [0.1, 0.15) is 30.0 Å². The first kappa shape index (κ1) is 13.6. The molecule has 17 heavy (non-hydrogen) atoms. The van der Waals surface area contributed by atoms with Crippen LogP contribution in [0.25, 0.3) is 0 Å². The van der Waals surface area contributed by atoms with E-state index in [2.05, 4.69) is 4.98 Å². The zero-order valence-corrected chi connectivity index (χ0v) is 11.0. The van der Waals surface area contributed by atoms with E-state index in [4.69, 9.17) is 5.73 Å². The molecule has 4 heteroatoms. The molecule has 0 saturated heterocycles. The largest absolute Gasteiger partial charge is 0.340 e. The van der Waals surface area contributed by atoms with Gasteiger partial charge in [-0.1, -0.05) is 19.9 Å². The molecule has 0 fully saturated rings. The quantitative estimate of drug-likeness (QED) is 0.859. The first-order chi connectivity index (χ1) is 7.85. The van der Waals surface area contributed by atoms with Crippen molar-refractivity contribution in [2.45, 2.75) is 20.8 Å². The molecule has 0 spiro atoms. The Labute approximate surface area is 103 Å². The van der Waals surface area contributed by atoms with Crippen molar-refractivity contribution in [1.82, 2.24) is 9.88 Å². The Bertz CT molecular complexity index is 401. The van der Waals surface area contributed by atoms with Gasteiger partial charge in [-0.15, -0.1) is 0 Å². The summed E-state index contributed by atoms with van der Waals surface area (Å²) in [6.45, 7) is 7.13. The predicted octanol–water partition coefficient (Wildman–Crippen LogP) is 1.45. The SMILES string of the molecule is Cc1cccc(C(=O)N(C)CC(C)(C)CN)n1. The van der Waals surface area contributed by atoms with Crippen LogP contribution in [0.2, 0.25) is 0 Å². The van der Waals surface area contributed by atoms with Crippen LogP contribution < -0.4 is 5.73 Å². The van der Waals surface area contributed by atoms with E-state index in [1.807, 2.05) is 32.9 Å². The zero-order valence-electron chi connectivity index (χ0n) is 11.0. The molecule has 94 valence electrons. The van der Waals surface area contributed by atoms with Crippen molar-refractivity contribution in [3.05, 3.63) is 29.6 Å². The Balaban J connectivity index is 2.77. The van der Waals surface area contributed by atoms with E-state index in [0.29, 0.717) is 18.8 Å². The molecule has 0 aliphatic carbocycles. The number of hydrogen-bond donors (Lipinski definition) is 1. The maximum absolute atomic E-state index is 12.1. The number of pyridine rings is 1. The molecule has 1 heterocycles. The van der Waals surface area contributed by atoms with Crippen LogP contribution >= 0.6 is 0 Å². The highest BCUT2D eigenvalue weighted by atomic mass is 16.2. The number of carbonyl (C=O) groups is 1. The van der Waals surface area contributed by atoms with Crippen molar-refractivity contribution in [3.63, 3.8) is 0 Å². The Kier molecular flexibility index (Phi) is 4.23. The summed E-state index contributed by atoms with van der Waals surface area (Å²) in [5.74, 6) is -0.0600. The zero-order chi connectivity index (χ0) is 13.1. The summed E-state index contributed by atoms with van der Waals surface area (Å²) in [6.07, 6.45) is 0. The van der Waals surface area contributed by atoms with Crippen molar-refractivity contribution < 1.29 is 4.79 Å². The van der Waals surface area contributed by atoms with E-state index in [9.17, 15) is 4.79 Å².